The maximum atomic E-state index is 12.7. The zero-order valence-corrected chi connectivity index (χ0v) is 13.0. The van der Waals surface area contributed by atoms with Gasteiger partial charge in [0.25, 0.3) is 0 Å². The SMILES string of the molecule is CC1OC(C)C(C(=O)N2CCN(CC(N)=NO)CC2)C1C. The number of hydrogen-bond acceptors (Lipinski definition) is 5. The first kappa shape index (κ1) is 16.0. The Hall–Kier alpha value is -1.34. The van der Waals surface area contributed by atoms with Crippen molar-refractivity contribution in [3.63, 3.8) is 0 Å². The van der Waals surface area contributed by atoms with Crippen LogP contribution in [-0.2, 0) is 9.53 Å². The Labute approximate surface area is 125 Å². The van der Waals surface area contributed by atoms with E-state index in [1.54, 1.807) is 0 Å². The number of amidine groups is 1. The normalized spacial score (nSPS) is 35.2. The van der Waals surface area contributed by atoms with Crippen LogP contribution in [0.5, 0.6) is 0 Å². The first-order valence-electron chi connectivity index (χ1n) is 7.57. The molecule has 0 bridgehead atoms. The number of carbonyl (C=O) groups is 1. The summed E-state index contributed by atoms with van der Waals surface area (Å²) in [5, 5.41) is 11.6. The highest BCUT2D eigenvalue weighted by atomic mass is 16.5. The Morgan fingerprint density at radius 3 is 2.33 bits per heavy atom. The van der Waals surface area contributed by atoms with Gasteiger partial charge in [0.1, 0.15) is 0 Å². The van der Waals surface area contributed by atoms with Crippen molar-refractivity contribution < 1.29 is 14.7 Å². The van der Waals surface area contributed by atoms with E-state index in [1.807, 2.05) is 18.7 Å². The van der Waals surface area contributed by atoms with Crippen LogP contribution in [0.1, 0.15) is 20.8 Å². The molecule has 0 aromatic heterocycles. The van der Waals surface area contributed by atoms with Gasteiger partial charge >= 0.3 is 0 Å². The molecule has 0 aromatic rings. The van der Waals surface area contributed by atoms with E-state index >= 15 is 0 Å². The molecule has 2 heterocycles. The van der Waals surface area contributed by atoms with E-state index in [-0.39, 0.29) is 35.8 Å². The minimum atomic E-state index is -0.0457. The van der Waals surface area contributed by atoms with E-state index in [4.69, 9.17) is 15.7 Å². The van der Waals surface area contributed by atoms with Crippen LogP contribution in [0.15, 0.2) is 5.16 Å². The molecule has 0 aliphatic carbocycles. The Morgan fingerprint density at radius 1 is 1.24 bits per heavy atom. The van der Waals surface area contributed by atoms with Crippen molar-refractivity contribution in [2.24, 2.45) is 22.7 Å². The molecule has 4 atom stereocenters. The Kier molecular flexibility index (Phi) is 5.05. The van der Waals surface area contributed by atoms with Crippen molar-refractivity contribution in [2.75, 3.05) is 32.7 Å². The van der Waals surface area contributed by atoms with E-state index in [9.17, 15) is 4.79 Å². The van der Waals surface area contributed by atoms with Crippen LogP contribution in [0, 0.1) is 11.8 Å². The minimum absolute atomic E-state index is 0.0160. The highest BCUT2D eigenvalue weighted by Gasteiger charge is 2.43. The third-order valence-electron chi connectivity index (χ3n) is 4.73. The average molecular weight is 298 g/mol. The summed E-state index contributed by atoms with van der Waals surface area (Å²) in [5.74, 6) is 0.608. The summed E-state index contributed by atoms with van der Waals surface area (Å²) in [6, 6.07) is 0. The van der Waals surface area contributed by atoms with E-state index in [2.05, 4.69) is 17.0 Å². The highest BCUT2D eigenvalue weighted by molar-refractivity contribution is 5.82. The highest BCUT2D eigenvalue weighted by Crippen LogP contribution is 2.33. The van der Waals surface area contributed by atoms with Crippen LogP contribution in [0.3, 0.4) is 0 Å². The lowest BCUT2D eigenvalue weighted by Crippen LogP contribution is -2.53. The van der Waals surface area contributed by atoms with Crippen LogP contribution in [-0.4, -0.2) is 71.7 Å². The average Bonchev–Trinajstić information content (AvgIpc) is 2.72. The second kappa shape index (κ2) is 6.62. The fourth-order valence-electron chi connectivity index (χ4n) is 3.29. The van der Waals surface area contributed by atoms with E-state index in [0.29, 0.717) is 19.6 Å². The van der Waals surface area contributed by atoms with Gasteiger partial charge in [-0.1, -0.05) is 12.1 Å². The van der Waals surface area contributed by atoms with Gasteiger partial charge in [-0.2, -0.15) is 0 Å². The Balaban J connectivity index is 1.89. The van der Waals surface area contributed by atoms with Crippen molar-refractivity contribution >= 4 is 11.7 Å². The molecule has 2 rings (SSSR count). The lowest BCUT2D eigenvalue weighted by atomic mass is 9.88. The van der Waals surface area contributed by atoms with Crippen LogP contribution in [0.4, 0.5) is 0 Å². The van der Waals surface area contributed by atoms with Crippen LogP contribution in [0.25, 0.3) is 0 Å². The number of rotatable bonds is 3. The van der Waals surface area contributed by atoms with Gasteiger partial charge in [0.05, 0.1) is 24.7 Å². The summed E-state index contributed by atoms with van der Waals surface area (Å²) in [7, 11) is 0. The molecule has 0 radical (unpaired) electrons. The fraction of sp³-hybridized carbons (Fsp3) is 0.857. The van der Waals surface area contributed by atoms with Gasteiger partial charge in [0.2, 0.25) is 5.91 Å². The summed E-state index contributed by atoms with van der Waals surface area (Å²) >= 11 is 0. The van der Waals surface area contributed by atoms with Gasteiger partial charge in [-0.05, 0) is 19.8 Å². The van der Waals surface area contributed by atoms with E-state index < -0.39 is 0 Å². The Morgan fingerprint density at radius 2 is 1.86 bits per heavy atom. The zero-order valence-electron chi connectivity index (χ0n) is 13.0. The molecular formula is C14H26N4O3. The minimum Gasteiger partial charge on any atom is -0.409 e. The van der Waals surface area contributed by atoms with E-state index in [1.165, 1.54) is 0 Å². The predicted octanol–water partition coefficient (Wildman–Crippen LogP) is -0.0635. The maximum absolute atomic E-state index is 12.7. The summed E-state index contributed by atoms with van der Waals surface area (Å²) in [6.45, 7) is 9.40. The zero-order chi connectivity index (χ0) is 15.6. The van der Waals surface area contributed by atoms with Crippen molar-refractivity contribution in [3.8, 4) is 0 Å². The number of nitrogens with two attached hydrogens (primary N) is 1. The first-order valence-corrected chi connectivity index (χ1v) is 7.57. The Bertz CT molecular complexity index is 407. The number of piperazine rings is 1. The quantitative estimate of drug-likeness (QED) is 0.329. The molecule has 1 amide bonds. The van der Waals surface area contributed by atoms with Crippen molar-refractivity contribution in [1.82, 2.24) is 9.80 Å². The molecule has 2 fully saturated rings. The number of carbonyl (C=O) groups excluding carboxylic acids is 1. The fourth-order valence-corrected chi connectivity index (χ4v) is 3.29. The number of ether oxygens (including phenoxy) is 1. The van der Waals surface area contributed by atoms with Crippen molar-refractivity contribution in [2.45, 2.75) is 33.0 Å². The summed E-state index contributed by atoms with van der Waals surface area (Å²) in [5.41, 5.74) is 5.51. The van der Waals surface area contributed by atoms with E-state index in [0.717, 1.165) is 13.1 Å². The molecule has 0 spiro atoms. The molecule has 2 saturated heterocycles. The summed E-state index contributed by atoms with van der Waals surface area (Å²) in [6.07, 6.45) is 0.119. The third-order valence-corrected chi connectivity index (χ3v) is 4.73. The van der Waals surface area contributed by atoms with Crippen LogP contribution < -0.4 is 5.73 Å². The van der Waals surface area contributed by atoms with Gasteiger partial charge in [-0.25, -0.2) is 0 Å². The molecule has 0 saturated carbocycles. The molecule has 0 aromatic carbocycles. The number of hydrogen-bond donors (Lipinski definition) is 2. The molecule has 2 aliphatic rings. The molecule has 4 unspecified atom stereocenters. The lowest BCUT2D eigenvalue weighted by molar-refractivity contribution is -0.139. The molecule has 2 aliphatic heterocycles. The number of amides is 1. The summed E-state index contributed by atoms with van der Waals surface area (Å²) in [4.78, 5) is 16.7. The predicted molar refractivity (Wildman–Crippen MR) is 79.1 cm³/mol. The largest absolute Gasteiger partial charge is 0.409 e. The first-order chi connectivity index (χ1) is 9.93. The molecule has 7 nitrogen and oxygen atoms in total. The molecule has 120 valence electrons. The standard InChI is InChI=1S/C14H26N4O3/c1-9-10(2)21-11(3)13(9)14(19)18-6-4-17(5-7-18)8-12(15)16-20/h9-11,13,20H,4-8H2,1-3H3,(H2,15,16). The van der Waals surface area contributed by atoms with Gasteiger partial charge in [-0.15, -0.1) is 0 Å². The van der Waals surface area contributed by atoms with Crippen LogP contribution in [0.2, 0.25) is 0 Å². The van der Waals surface area contributed by atoms with Crippen molar-refractivity contribution in [1.29, 1.82) is 0 Å². The molecule has 3 N–H and O–H groups in total. The molecule has 21 heavy (non-hydrogen) atoms. The number of oxime groups is 1. The smallest absolute Gasteiger partial charge is 0.228 e. The van der Waals surface area contributed by atoms with Crippen molar-refractivity contribution in [3.05, 3.63) is 0 Å². The van der Waals surface area contributed by atoms with Gasteiger partial charge < -0.3 is 20.6 Å². The van der Waals surface area contributed by atoms with Gasteiger partial charge in [-0.3, -0.25) is 9.69 Å². The topological polar surface area (TPSA) is 91.4 Å². The second-order valence-corrected chi connectivity index (χ2v) is 6.12. The lowest BCUT2D eigenvalue weighted by Gasteiger charge is -2.36. The number of nitrogens with zero attached hydrogens (tertiary/aromatic N) is 3. The van der Waals surface area contributed by atoms with Crippen LogP contribution >= 0.6 is 0 Å². The van der Waals surface area contributed by atoms with Gasteiger partial charge in [0, 0.05) is 26.2 Å². The molecule has 7 heteroatoms. The maximum Gasteiger partial charge on any atom is 0.228 e. The summed E-state index contributed by atoms with van der Waals surface area (Å²) < 4.78 is 5.77. The monoisotopic (exact) mass is 298 g/mol. The second-order valence-electron chi connectivity index (χ2n) is 6.12. The van der Waals surface area contributed by atoms with Gasteiger partial charge in [0.15, 0.2) is 5.84 Å². The molecular weight excluding hydrogens is 272 g/mol. The third kappa shape index (κ3) is 3.47.